The number of imidazole rings is 1. The second-order valence-electron chi connectivity index (χ2n) is 6.19. The van der Waals surface area contributed by atoms with Gasteiger partial charge < -0.3 is 19.4 Å². The Bertz CT molecular complexity index is 658. The predicted octanol–water partition coefficient (Wildman–Crippen LogP) is 2.98. The SMILES string of the molecule is COc1cccc2nc(CCN(C)C(=O)OC(C)(C)C)[nH]c12. The summed E-state index contributed by atoms with van der Waals surface area (Å²) < 4.78 is 10.6. The van der Waals surface area contributed by atoms with E-state index in [1.807, 2.05) is 39.0 Å². The van der Waals surface area contributed by atoms with Gasteiger partial charge in [0.1, 0.15) is 22.7 Å². The van der Waals surface area contributed by atoms with Gasteiger partial charge in [0.15, 0.2) is 0 Å². The predicted molar refractivity (Wildman–Crippen MR) is 85.2 cm³/mol. The molecule has 0 spiro atoms. The number of hydrogen-bond acceptors (Lipinski definition) is 4. The molecule has 0 saturated heterocycles. The summed E-state index contributed by atoms with van der Waals surface area (Å²) in [6.07, 6.45) is 0.286. The zero-order valence-electron chi connectivity index (χ0n) is 13.8. The fourth-order valence-corrected chi connectivity index (χ4v) is 2.05. The van der Waals surface area contributed by atoms with Crippen LogP contribution in [0.3, 0.4) is 0 Å². The van der Waals surface area contributed by atoms with Crippen LogP contribution in [-0.4, -0.2) is 47.3 Å². The van der Waals surface area contributed by atoms with Crippen molar-refractivity contribution in [3.05, 3.63) is 24.0 Å². The highest BCUT2D eigenvalue weighted by atomic mass is 16.6. The first-order chi connectivity index (χ1) is 10.3. The Hall–Kier alpha value is -2.24. The number of nitrogens with zero attached hydrogens (tertiary/aromatic N) is 2. The van der Waals surface area contributed by atoms with E-state index in [0.717, 1.165) is 22.6 Å². The van der Waals surface area contributed by atoms with Crippen molar-refractivity contribution in [2.45, 2.75) is 32.8 Å². The summed E-state index contributed by atoms with van der Waals surface area (Å²) in [5, 5.41) is 0. The molecule has 0 fully saturated rings. The Morgan fingerprint density at radius 2 is 2.09 bits per heavy atom. The van der Waals surface area contributed by atoms with Crippen molar-refractivity contribution < 1.29 is 14.3 Å². The maximum atomic E-state index is 11.9. The number of aromatic amines is 1. The number of likely N-dealkylation sites (N-methyl/N-ethyl adjacent to an activating group) is 1. The number of amides is 1. The molecule has 1 N–H and O–H groups in total. The normalized spacial score (nSPS) is 11.5. The van der Waals surface area contributed by atoms with Gasteiger partial charge in [-0.15, -0.1) is 0 Å². The van der Waals surface area contributed by atoms with Gasteiger partial charge in [0.05, 0.1) is 12.6 Å². The molecule has 0 aliphatic carbocycles. The molecule has 0 saturated carbocycles. The van der Waals surface area contributed by atoms with E-state index < -0.39 is 5.60 Å². The number of benzene rings is 1. The fraction of sp³-hybridized carbons (Fsp3) is 0.500. The van der Waals surface area contributed by atoms with Gasteiger partial charge in [-0.3, -0.25) is 0 Å². The molecular weight excluding hydrogens is 282 g/mol. The number of H-pyrrole nitrogens is 1. The molecule has 1 amide bonds. The molecule has 6 nitrogen and oxygen atoms in total. The minimum absolute atomic E-state index is 0.332. The molecule has 6 heteroatoms. The second-order valence-corrected chi connectivity index (χ2v) is 6.19. The lowest BCUT2D eigenvalue weighted by molar-refractivity contribution is 0.0300. The topological polar surface area (TPSA) is 67.4 Å². The molecule has 22 heavy (non-hydrogen) atoms. The van der Waals surface area contributed by atoms with E-state index in [9.17, 15) is 4.79 Å². The largest absolute Gasteiger partial charge is 0.494 e. The summed E-state index contributed by atoms with van der Waals surface area (Å²) in [6, 6.07) is 5.71. The molecule has 0 aliphatic rings. The molecule has 0 radical (unpaired) electrons. The lowest BCUT2D eigenvalue weighted by Gasteiger charge is -2.24. The third kappa shape index (κ3) is 3.90. The number of nitrogens with one attached hydrogen (secondary N) is 1. The minimum atomic E-state index is -0.488. The second kappa shape index (κ2) is 6.25. The Balaban J connectivity index is 2.01. The molecule has 2 rings (SSSR count). The summed E-state index contributed by atoms with van der Waals surface area (Å²) in [5.74, 6) is 1.58. The number of carbonyl (C=O) groups excluding carboxylic acids is 1. The number of methoxy groups -OCH3 is 1. The van der Waals surface area contributed by atoms with Crippen LogP contribution >= 0.6 is 0 Å². The molecule has 0 unspecified atom stereocenters. The summed E-state index contributed by atoms with van der Waals surface area (Å²) in [5.41, 5.74) is 1.24. The van der Waals surface area contributed by atoms with Crippen molar-refractivity contribution in [3.63, 3.8) is 0 Å². The first kappa shape index (κ1) is 16.1. The van der Waals surface area contributed by atoms with Gasteiger partial charge in [-0.1, -0.05) is 6.07 Å². The molecule has 1 heterocycles. The van der Waals surface area contributed by atoms with Crippen molar-refractivity contribution in [3.8, 4) is 5.75 Å². The molecule has 0 bridgehead atoms. The summed E-state index contributed by atoms with van der Waals surface area (Å²) in [4.78, 5) is 21.2. The quantitative estimate of drug-likeness (QED) is 0.943. The molecule has 2 aromatic rings. The van der Waals surface area contributed by atoms with Crippen LogP contribution in [0.1, 0.15) is 26.6 Å². The van der Waals surface area contributed by atoms with Gasteiger partial charge in [-0.2, -0.15) is 0 Å². The summed E-state index contributed by atoms with van der Waals surface area (Å²) in [6.45, 7) is 6.08. The lowest BCUT2D eigenvalue weighted by Crippen LogP contribution is -2.35. The first-order valence-electron chi connectivity index (χ1n) is 7.26. The van der Waals surface area contributed by atoms with Crippen molar-refractivity contribution >= 4 is 17.1 Å². The lowest BCUT2D eigenvalue weighted by atomic mass is 10.2. The number of hydrogen-bond donors (Lipinski definition) is 1. The van der Waals surface area contributed by atoms with Gasteiger partial charge in [0.2, 0.25) is 0 Å². The number of para-hydroxylation sites is 1. The van der Waals surface area contributed by atoms with Crippen LogP contribution in [0.25, 0.3) is 11.0 Å². The van der Waals surface area contributed by atoms with Crippen LogP contribution in [-0.2, 0) is 11.2 Å². The smallest absolute Gasteiger partial charge is 0.410 e. The highest BCUT2D eigenvalue weighted by Crippen LogP contribution is 2.23. The van der Waals surface area contributed by atoms with Gasteiger partial charge in [0, 0.05) is 20.0 Å². The summed E-state index contributed by atoms with van der Waals surface area (Å²) in [7, 11) is 3.35. The zero-order valence-corrected chi connectivity index (χ0v) is 13.8. The van der Waals surface area contributed by atoms with Gasteiger partial charge in [0.25, 0.3) is 0 Å². The van der Waals surface area contributed by atoms with Crippen molar-refractivity contribution in [1.82, 2.24) is 14.9 Å². The van der Waals surface area contributed by atoms with E-state index in [-0.39, 0.29) is 6.09 Å². The standard InChI is InChI=1S/C16H23N3O3/c1-16(2,3)22-15(20)19(4)10-9-13-17-11-7-6-8-12(21-5)14(11)18-13/h6-8H,9-10H2,1-5H3,(H,17,18). The molecule has 0 atom stereocenters. The minimum Gasteiger partial charge on any atom is -0.494 e. The zero-order chi connectivity index (χ0) is 16.3. The van der Waals surface area contributed by atoms with Gasteiger partial charge in [-0.05, 0) is 32.9 Å². The van der Waals surface area contributed by atoms with E-state index in [2.05, 4.69) is 9.97 Å². The van der Waals surface area contributed by atoms with Crippen LogP contribution in [0.15, 0.2) is 18.2 Å². The highest BCUT2D eigenvalue weighted by molar-refractivity contribution is 5.81. The number of aromatic nitrogens is 2. The van der Waals surface area contributed by atoms with Crippen molar-refractivity contribution in [2.24, 2.45) is 0 Å². The third-order valence-corrected chi connectivity index (χ3v) is 3.14. The monoisotopic (exact) mass is 305 g/mol. The van der Waals surface area contributed by atoms with Crippen LogP contribution in [0.4, 0.5) is 4.79 Å². The maximum absolute atomic E-state index is 11.9. The molecule has 1 aromatic heterocycles. The van der Waals surface area contributed by atoms with E-state index in [1.165, 1.54) is 0 Å². The van der Waals surface area contributed by atoms with E-state index in [0.29, 0.717) is 13.0 Å². The Labute approximate surface area is 130 Å². The van der Waals surface area contributed by atoms with Crippen LogP contribution < -0.4 is 4.74 Å². The van der Waals surface area contributed by atoms with Crippen LogP contribution in [0.5, 0.6) is 5.75 Å². The number of carbonyl (C=O) groups is 1. The Morgan fingerprint density at radius 1 is 1.36 bits per heavy atom. The average Bonchev–Trinajstić information content (AvgIpc) is 2.85. The van der Waals surface area contributed by atoms with E-state index in [4.69, 9.17) is 9.47 Å². The van der Waals surface area contributed by atoms with Gasteiger partial charge >= 0.3 is 6.09 Å². The van der Waals surface area contributed by atoms with Crippen LogP contribution in [0.2, 0.25) is 0 Å². The Kier molecular flexibility index (Phi) is 4.59. The molecular formula is C16H23N3O3. The van der Waals surface area contributed by atoms with E-state index in [1.54, 1.807) is 19.1 Å². The fourth-order valence-electron chi connectivity index (χ4n) is 2.05. The van der Waals surface area contributed by atoms with Crippen LogP contribution in [0, 0.1) is 0 Å². The Morgan fingerprint density at radius 3 is 2.73 bits per heavy atom. The highest BCUT2D eigenvalue weighted by Gasteiger charge is 2.19. The number of fused-ring (bicyclic) bond motifs is 1. The molecule has 1 aromatic carbocycles. The summed E-state index contributed by atoms with van der Waals surface area (Å²) >= 11 is 0. The van der Waals surface area contributed by atoms with E-state index >= 15 is 0 Å². The van der Waals surface area contributed by atoms with Gasteiger partial charge in [-0.25, -0.2) is 9.78 Å². The number of rotatable bonds is 4. The molecule has 0 aliphatic heterocycles. The maximum Gasteiger partial charge on any atom is 0.410 e. The third-order valence-electron chi connectivity index (χ3n) is 3.14. The average molecular weight is 305 g/mol. The molecule has 120 valence electrons. The van der Waals surface area contributed by atoms with Crippen molar-refractivity contribution in [1.29, 1.82) is 0 Å². The first-order valence-corrected chi connectivity index (χ1v) is 7.26. The number of ether oxygens (including phenoxy) is 2. The van der Waals surface area contributed by atoms with Crippen molar-refractivity contribution in [2.75, 3.05) is 20.7 Å².